The molecule has 0 unspecified atom stereocenters. The van der Waals surface area contributed by atoms with Gasteiger partial charge in [0.05, 0.1) is 19.3 Å². The van der Waals surface area contributed by atoms with Crippen molar-refractivity contribution >= 4 is 11.9 Å². The summed E-state index contributed by atoms with van der Waals surface area (Å²) in [5.41, 5.74) is 1.86. The molecular formula is C21H31NO5. The number of carbonyl (C=O) groups excluding carboxylic acids is 1. The molecule has 2 N–H and O–H groups in total. The Morgan fingerprint density at radius 2 is 1.74 bits per heavy atom. The van der Waals surface area contributed by atoms with Crippen LogP contribution in [0.5, 0.6) is 0 Å². The van der Waals surface area contributed by atoms with Crippen LogP contribution in [0.1, 0.15) is 75.7 Å². The van der Waals surface area contributed by atoms with Crippen molar-refractivity contribution in [3.05, 3.63) is 34.9 Å². The van der Waals surface area contributed by atoms with Crippen molar-refractivity contribution < 1.29 is 24.2 Å². The fourth-order valence-electron chi connectivity index (χ4n) is 3.15. The molecule has 6 heteroatoms. The Bertz CT molecular complexity index is 694. The first-order chi connectivity index (χ1) is 12.4. The second kappa shape index (κ2) is 7.98. The van der Waals surface area contributed by atoms with E-state index in [-0.39, 0.29) is 16.6 Å². The van der Waals surface area contributed by atoms with E-state index in [9.17, 15) is 14.7 Å². The third kappa shape index (κ3) is 5.78. The zero-order valence-corrected chi connectivity index (χ0v) is 17.1. The number of ketones is 1. The molecular weight excluding hydrogens is 346 g/mol. The highest BCUT2D eigenvalue weighted by molar-refractivity contribution is 6.02. The molecule has 1 atom stereocenters. The molecule has 0 aliphatic carbocycles. The Labute approximate surface area is 161 Å². The summed E-state index contributed by atoms with van der Waals surface area (Å²) in [5, 5.41) is 11.6. The zero-order chi connectivity index (χ0) is 20.4. The number of ether oxygens (including phenoxy) is 2. The van der Waals surface area contributed by atoms with Crippen LogP contribution in [0, 0.1) is 5.41 Å². The van der Waals surface area contributed by atoms with Crippen LogP contribution in [0.4, 0.5) is 4.79 Å². The van der Waals surface area contributed by atoms with Crippen LogP contribution in [-0.4, -0.2) is 36.2 Å². The summed E-state index contributed by atoms with van der Waals surface area (Å²) >= 11 is 0. The van der Waals surface area contributed by atoms with E-state index in [1.165, 1.54) is 0 Å². The highest BCUT2D eigenvalue weighted by Crippen LogP contribution is 2.33. The lowest BCUT2D eigenvalue weighted by atomic mass is 9.82. The number of amides is 1. The van der Waals surface area contributed by atoms with Gasteiger partial charge in [0.25, 0.3) is 0 Å². The summed E-state index contributed by atoms with van der Waals surface area (Å²) in [6, 6.07) is 4.80. The van der Waals surface area contributed by atoms with Crippen molar-refractivity contribution in [2.45, 2.75) is 65.7 Å². The van der Waals surface area contributed by atoms with Crippen LogP contribution >= 0.6 is 0 Å². The molecule has 0 spiro atoms. The molecule has 0 aromatic heterocycles. The van der Waals surface area contributed by atoms with E-state index in [0.29, 0.717) is 30.8 Å². The highest BCUT2D eigenvalue weighted by atomic mass is 16.7. The van der Waals surface area contributed by atoms with Crippen molar-refractivity contribution in [2.75, 3.05) is 13.2 Å². The van der Waals surface area contributed by atoms with E-state index >= 15 is 0 Å². The molecule has 2 rings (SSSR count). The number of carboxylic acid groups (broad SMARTS) is 1. The topological polar surface area (TPSA) is 84.9 Å². The summed E-state index contributed by atoms with van der Waals surface area (Å²) in [6.45, 7) is 13.2. The normalized spacial score (nSPS) is 17.0. The number of Topliss-reactive ketones (excluding diaryl/α,β-unsaturated/α-hetero) is 1. The molecule has 1 aliphatic heterocycles. The predicted molar refractivity (Wildman–Crippen MR) is 103 cm³/mol. The third-order valence-electron chi connectivity index (χ3n) is 4.49. The molecule has 0 radical (unpaired) electrons. The van der Waals surface area contributed by atoms with E-state index in [1.54, 1.807) is 6.07 Å². The molecule has 0 bridgehead atoms. The molecule has 1 amide bonds. The summed E-state index contributed by atoms with van der Waals surface area (Å²) in [6.07, 6.45) is -1.42. The Hall–Kier alpha value is -1.92. The second-order valence-corrected chi connectivity index (χ2v) is 9.26. The van der Waals surface area contributed by atoms with Gasteiger partial charge in [-0.25, -0.2) is 4.79 Å². The largest absolute Gasteiger partial charge is 0.465 e. The van der Waals surface area contributed by atoms with Gasteiger partial charge in [-0.3, -0.25) is 4.79 Å². The van der Waals surface area contributed by atoms with Crippen LogP contribution < -0.4 is 5.32 Å². The van der Waals surface area contributed by atoms with Crippen molar-refractivity contribution in [1.82, 2.24) is 5.32 Å². The SMILES string of the molecule is CC(C)(C)C[C@@H](NC(=O)O)C(=O)c1ccc(C(C)(C)C)cc1C1OCCO1. The molecule has 150 valence electrons. The van der Waals surface area contributed by atoms with Crippen LogP contribution in [-0.2, 0) is 14.9 Å². The molecule has 1 aromatic carbocycles. The van der Waals surface area contributed by atoms with Crippen LogP contribution in [0.15, 0.2) is 18.2 Å². The average molecular weight is 377 g/mol. The number of nitrogens with one attached hydrogen (secondary N) is 1. The minimum Gasteiger partial charge on any atom is -0.465 e. The van der Waals surface area contributed by atoms with E-state index in [4.69, 9.17) is 9.47 Å². The maximum absolute atomic E-state index is 13.3. The van der Waals surface area contributed by atoms with Gasteiger partial charge in [0.1, 0.15) is 0 Å². The fraction of sp³-hybridized carbons (Fsp3) is 0.619. The average Bonchev–Trinajstić information content (AvgIpc) is 3.04. The van der Waals surface area contributed by atoms with Crippen molar-refractivity contribution in [3.63, 3.8) is 0 Å². The van der Waals surface area contributed by atoms with Gasteiger partial charge in [-0.2, -0.15) is 0 Å². The minimum atomic E-state index is -1.21. The summed E-state index contributed by atoms with van der Waals surface area (Å²) in [7, 11) is 0. The van der Waals surface area contributed by atoms with Gasteiger partial charge in [-0.1, -0.05) is 53.7 Å². The maximum Gasteiger partial charge on any atom is 0.405 e. The quantitative estimate of drug-likeness (QED) is 0.748. The molecule has 1 aliphatic rings. The van der Waals surface area contributed by atoms with Gasteiger partial charge in [-0.05, 0) is 28.9 Å². The van der Waals surface area contributed by atoms with Crippen LogP contribution in [0.25, 0.3) is 0 Å². The molecule has 1 saturated heterocycles. The Kier molecular flexibility index (Phi) is 6.32. The standard InChI is InChI=1S/C21H31NO5/c1-20(2,3)12-16(22-19(24)25)17(23)14-8-7-13(21(4,5)6)11-15(14)18-26-9-10-27-18/h7-8,11,16,18,22H,9-10,12H2,1-6H3,(H,24,25)/t16-/m1/s1. The van der Waals surface area contributed by atoms with Gasteiger partial charge >= 0.3 is 6.09 Å². The molecule has 27 heavy (non-hydrogen) atoms. The molecule has 6 nitrogen and oxygen atoms in total. The smallest absolute Gasteiger partial charge is 0.405 e. The Balaban J connectivity index is 2.46. The number of rotatable bonds is 5. The highest BCUT2D eigenvalue weighted by Gasteiger charge is 2.32. The zero-order valence-electron chi connectivity index (χ0n) is 17.1. The van der Waals surface area contributed by atoms with Gasteiger partial charge in [0, 0.05) is 11.1 Å². The van der Waals surface area contributed by atoms with Crippen LogP contribution in [0.3, 0.4) is 0 Å². The Morgan fingerprint density at radius 1 is 1.15 bits per heavy atom. The lowest BCUT2D eigenvalue weighted by molar-refractivity contribution is -0.0446. The Morgan fingerprint density at radius 3 is 2.22 bits per heavy atom. The summed E-state index contributed by atoms with van der Waals surface area (Å²) < 4.78 is 11.3. The first-order valence-electron chi connectivity index (χ1n) is 9.30. The summed E-state index contributed by atoms with van der Waals surface area (Å²) in [4.78, 5) is 24.5. The number of carbonyl (C=O) groups is 2. The predicted octanol–water partition coefficient (Wildman–Crippen LogP) is 4.28. The first kappa shape index (κ1) is 21.4. The summed E-state index contributed by atoms with van der Waals surface area (Å²) in [5.74, 6) is -0.262. The minimum absolute atomic E-state index is 0.0982. The second-order valence-electron chi connectivity index (χ2n) is 9.26. The van der Waals surface area contributed by atoms with E-state index in [2.05, 4.69) is 26.1 Å². The monoisotopic (exact) mass is 377 g/mol. The number of hydrogen-bond donors (Lipinski definition) is 2. The number of hydrogen-bond acceptors (Lipinski definition) is 4. The molecule has 1 fully saturated rings. The fourth-order valence-corrected chi connectivity index (χ4v) is 3.15. The van der Waals surface area contributed by atoms with Gasteiger partial charge in [0.2, 0.25) is 0 Å². The van der Waals surface area contributed by atoms with Crippen molar-refractivity contribution in [1.29, 1.82) is 0 Å². The van der Waals surface area contributed by atoms with Gasteiger partial charge in [0.15, 0.2) is 12.1 Å². The molecule has 1 heterocycles. The van der Waals surface area contributed by atoms with Crippen LogP contribution in [0.2, 0.25) is 0 Å². The lowest BCUT2D eigenvalue weighted by Gasteiger charge is -2.27. The van der Waals surface area contributed by atoms with Crippen molar-refractivity contribution in [3.8, 4) is 0 Å². The van der Waals surface area contributed by atoms with Gasteiger partial charge in [-0.15, -0.1) is 0 Å². The van der Waals surface area contributed by atoms with E-state index in [1.807, 2.05) is 32.9 Å². The molecule has 1 aromatic rings. The van der Waals surface area contributed by atoms with E-state index in [0.717, 1.165) is 5.56 Å². The van der Waals surface area contributed by atoms with E-state index < -0.39 is 18.4 Å². The van der Waals surface area contributed by atoms with Gasteiger partial charge < -0.3 is 19.9 Å². The number of benzene rings is 1. The molecule has 0 saturated carbocycles. The maximum atomic E-state index is 13.3. The lowest BCUT2D eigenvalue weighted by Crippen LogP contribution is -2.43. The van der Waals surface area contributed by atoms with Crippen molar-refractivity contribution in [2.24, 2.45) is 5.41 Å². The third-order valence-corrected chi connectivity index (χ3v) is 4.49. The first-order valence-corrected chi connectivity index (χ1v) is 9.30.